The van der Waals surface area contributed by atoms with Gasteiger partial charge in [0.2, 0.25) is 5.91 Å². The largest absolute Gasteiger partial charge is 0.326 e. The van der Waals surface area contributed by atoms with Gasteiger partial charge in [0.15, 0.2) is 5.82 Å². The van der Waals surface area contributed by atoms with Crippen LogP contribution in [-0.2, 0) is 4.79 Å². The Bertz CT molecular complexity index is 682. The Balaban J connectivity index is 1.59. The molecule has 1 aromatic carbocycles. The fraction of sp³-hybridized carbons (Fsp3) is 0.471. The van der Waals surface area contributed by atoms with Crippen molar-refractivity contribution in [3.8, 4) is 5.69 Å². The minimum atomic E-state index is -0.456. The van der Waals surface area contributed by atoms with Crippen LogP contribution in [-0.4, -0.2) is 33.8 Å². The summed E-state index contributed by atoms with van der Waals surface area (Å²) in [5.41, 5.74) is 0.752. The van der Waals surface area contributed by atoms with E-state index in [2.05, 4.69) is 27.6 Å². The van der Waals surface area contributed by atoms with Crippen LogP contribution in [0, 0.1) is 17.7 Å². The number of halogens is 1. The molecule has 1 aromatic heterocycles. The van der Waals surface area contributed by atoms with Crippen molar-refractivity contribution in [2.75, 3.05) is 18.4 Å². The van der Waals surface area contributed by atoms with Gasteiger partial charge in [-0.05, 0) is 56.0 Å². The predicted octanol–water partition coefficient (Wildman–Crippen LogP) is 2.37. The first-order valence-electron chi connectivity index (χ1n) is 8.28. The average Bonchev–Trinajstić information content (AvgIpc) is 3.10. The molecule has 0 radical (unpaired) electrons. The highest BCUT2D eigenvalue weighted by molar-refractivity contribution is 5.90. The Hall–Kier alpha value is -2.28. The second-order valence-corrected chi connectivity index (χ2v) is 6.34. The van der Waals surface area contributed by atoms with Gasteiger partial charge >= 0.3 is 0 Å². The van der Waals surface area contributed by atoms with Gasteiger partial charge in [-0.1, -0.05) is 6.92 Å². The van der Waals surface area contributed by atoms with Crippen molar-refractivity contribution in [2.45, 2.75) is 26.2 Å². The van der Waals surface area contributed by atoms with Crippen LogP contribution in [0.25, 0.3) is 5.69 Å². The monoisotopic (exact) mass is 331 g/mol. The molecule has 2 N–H and O–H groups in total. The number of aromatic nitrogens is 3. The molecule has 1 aliphatic heterocycles. The molecule has 2 atom stereocenters. The molecule has 1 fully saturated rings. The van der Waals surface area contributed by atoms with Crippen LogP contribution < -0.4 is 10.6 Å². The van der Waals surface area contributed by atoms with E-state index in [0.717, 1.165) is 25.9 Å². The Kier molecular flexibility index (Phi) is 5.20. The predicted molar refractivity (Wildman–Crippen MR) is 89.3 cm³/mol. The fourth-order valence-electron chi connectivity index (χ4n) is 3.14. The first-order chi connectivity index (χ1) is 11.6. The van der Waals surface area contributed by atoms with Gasteiger partial charge in [-0.2, -0.15) is 5.10 Å². The highest BCUT2D eigenvalue weighted by Gasteiger charge is 2.22. The second kappa shape index (κ2) is 7.53. The number of carbonyl (C=O) groups excluding carboxylic acids is 1. The van der Waals surface area contributed by atoms with Gasteiger partial charge in [-0.15, -0.1) is 0 Å². The zero-order valence-electron chi connectivity index (χ0n) is 13.7. The zero-order valence-corrected chi connectivity index (χ0v) is 13.7. The maximum atomic E-state index is 14.2. The van der Waals surface area contributed by atoms with E-state index in [-0.39, 0.29) is 5.91 Å². The standard InChI is InChI=1S/C17H22FN5O/c1-12(13-3-2-6-19-9-13)7-17(24)22-14-4-5-16(15(18)8-14)23-11-20-10-21-23/h4-5,8,10-13,19H,2-3,6-7,9H2,1H3,(H,22,24). The molecule has 0 saturated carbocycles. The van der Waals surface area contributed by atoms with Crippen molar-refractivity contribution < 1.29 is 9.18 Å². The van der Waals surface area contributed by atoms with Crippen LogP contribution in [0.2, 0.25) is 0 Å². The SMILES string of the molecule is CC(CC(=O)Nc1ccc(-n2cncn2)c(F)c1)C1CCCNC1. The van der Waals surface area contributed by atoms with Crippen molar-refractivity contribution in [2.24, 2.45) is 11.8 Å². The molecule has 2 heterocycles. The molecule has 0 aliphatic carbocycles. The summed E-state index contributed by atoms with van der Waals surface area (Å²) in [4.78, 5) is 16.0. The summed E-state index contributed by atoms with van der Waals surface area (Å²) in [5.74, 6) is 0.289. The molecule has 128 valence electrons. The van der Waals surface area contributed by atoms with Gasteiger partial charge in [0.25, 0.3) is 0 Å². The lowest BCUT2D eigenvalue weighted by Gasteiger charge is -2.28. The minimum Gasteiger partial charge on any atom is -0.326 e. The summed E-state index contributed by atoms with van der Waals surface area (Å²) in [6, 6.07) is 4.56. The zero-order chi connectivity index (χ0) is 16.9. The van der Waals surface area contributed by atoms with E-state index in [1.807, 2.05) is 0 Å². The third-order valence-electron chi connectivity index (χ3n) is 4.54. The maximum Gasteiger partial charge on any atom is 0.224 e. The normalized spacial score (nSPS) is 19.0. The van der Waals surface area contributed by atoms with Crippen LogP contribution in [0.1, 0.15) is 26.2 Å². The summed E-state index contributed by atoms with van der Waals surface area (Å²) >= 11 is 0. The molecule has 1 saturated heterocycles. The third kappa shape index (κ3) is 3.97. The number of hydrogen-bond acceptors (Lipinski definition) is 4. The van der Waals surface area contributed by atoms with Crippen molar-refractivity contribution >= 4 is 11.6 Å². The molecule has 6 nitrogen and oxygen atoms in total. The van der Waals surface area contributed by atoms with E-state index in [1.165, 1.54) is 23.4 Å². The Morgan fingerprint density at radius 1 is 1.54 bits per heavy atom. The smallest absolute Gasteiger partial charge is 0.224 e. The fourth-order valence-corrected chi connectivity index (χ4v) is 3.14. The molecule has 0 spiro atoms. The minimum absolute atomic E-state index is 0.0824. The number of benzene rings is 1. The molecule has 24 heavy (non-hydrogen) atoms. The number of nitrogens with one attached hydrogen (secondary N) is 2. The highest BCUT2D eigenvalue weighted by Crippen LogP contribution is 2.23. The molecule has 1 amide bonds. The van der Waals surface area contributed by atoms with Crippen LogP contribution >= 0.6 is 0 Å². The number of hydrogen-bond donors (Lipinski definition) is 2. The maximum absolute atomic E-state index is 14.2. The second-order valence-electron chi connectivity index (χ2n) is 6.34. The molecule has 7 heteroatoms. The number of piperidine rings is 1. The van der Waals surface area contributed by atoms with Gasteiger partial charge < -0.3 is 10.6 Å². The van der Waals surface area contributed by atoms with E-state index in [0.29, 0.717) is 29.6 Å². The first-order valence-corrected chi connectivity index (χ1v) is 8.28. The van der Waals surface area contributed by atoms with Crippen LogP contribution in [0.5, 0.6) is 0 Å². The van der Waals surface area contributed by atoms with Gasteiger partial charge in [0.05, 0.1) is 0 Å². The molecule has 3 rings (SSSR count). The highest BCUT2D eigenvalue weighted by atomic mass is 19.1. The quantitative estimate of drug-likeness (QED) is 0.882. The van der Waals surface area contributed by atoms with Crippen LogP contribution in [0.4, 0.5) is 10.1 Å². The summed E-state index contributed by atoms with van der Waals surface area (Å²) in [6.45, 7) is 4.13. The molecular weight excluding hydrogens is 309 g/mol. The average molecular weight is 331 g/mol. The number of carbonyl (C=O) groups is 1. The van der Waals surface area contributed by atoms with Gasteiger partial charge in [-0.25, -0.2) is 14.1 Å². The van der Waals surface area contributed by atoms with Gasteiger partial charge in [0.1, 0.15) is 18.3 Å². The number of amides is 1. The Morgan fingerprint density at radius 2 is 2.42 bits per heavy atom. The van der Waals surface area contributed by atoms with E-state index in [9.17, 15) is 9.18 Å². The lowest BCUT2D eigenvalue weighted by molar-refractivity contribution is -0.117. The topological polar surface area (TPSA) is 71.8 Å². The summed E-state index contributed by atoms with van der Waals surface area (Å²) in [5, 5.41) is 10.1. The van der Waals surface area contributed by atoms with E-state index in [1.54, 1.807) is 12.1 Å². The number of anilines is 1. The van der Waals surface area contributed by atoms with Gasteiger partial charge in [-0.3, -0.25) is 4.79 Å². The Morgan fingerprint density at radius 3 is 3.08 bits per heavy atom. The summed E-state index contributed by atoms with van der Waals surface area (Å²) in [6.07, 6.45) is 5.53. The molecule has 0 bridgehead atoms. The summed E-state index contributed by atoms with van der Waals surface area (Å²) < 4.78 is 15.5. The molecular formula is C17H22FN5O. The van der Waals surface area contributed by atoms with Crippen LogP contribution in [0.15, 0.2) is 30.9 Å². The molecule has 1 aliphatic rings. The number of rotatable bonds is 5. The van der Waals surface area contributed by atoms with Crippen molar-refractivity contribution in [3.63, 3.8) is 0 Å². The summed E-state index contributed by atoms with van der Waals surface area (Å²) in [7, 11) is 0. The van der Waals surface area contributed by atoms with E-state index in [4.69, 9.17) is 0 Å². The number of nitrogens with zero attached hydrogens (tertiary/aromatic N) is 3. The van der Waals surface area contributed by atoms with E-state index < -0.39 is 5.82 Å². The van der Waals surface area contributed by atoms with Crippen molar-refractivity contribution in [3.05, 3.63) is 36.7 Å². The third-order valence-corrected chi connectivity index (χ3v) is 4.54. The van der Waals surface area contributed by atoms with E-state index >= 15 is 0 Å². The van der Waals surface area contributed by atoms with Crippen LogP contribution in [0.3, 0.4) is 0 Å². The molecule has 2 aromatic rings. The van der Waals surface area contributed by atoms with Crippen molar-refractivity contribution in [1.29, 1.82) is 0 Å². The Labute approximate surface area is 140 Å². The van der Waals surface area contributed by atoms with Crippen molar-refractivity contribution in [1.82, 2.24) is 20.1 Å². The van der Waals surface area contributed by atoms with Gasteiger partial charge in [0, 0.05) is 12.1 Å². The first kappa shape index (κ1) is 16.6. The lowest BCUT2D eigenvalue weighted by atomic mass is 9.85. The lowest BCUT2D eigenvalue weighted by Crippen LogP contribution is -2.34. The molecule has 2 unspecified atom stereocenters.